The van der Waals surface area contributed by atoms with Crippen LogP contribution >= 0.6 is 25.3 Å². The Morgan fingerprint density at radius 1 is 0.900 bits per heavy atom. The zero-order valence-electron chi connectivity index (χ0n) is 12.3. The fourth-order valence-electron chi connectivity index (χ4n) is 1.53. The number of aryl methyl sites for hydroxylation is 1. The maximum atomic E-state index is 12.2. The van der Waals surface area contributed by atoms with Crippen LogP contribution in [0.3, 0.4) is 0 Å². The zero-order chi connectivity index (χ0) is 15.3. The van der Waals surface area contributed by atoms with E-state index in [9.17, 15) is 4.39 Å². The summed E-state index contributed by atoms with van der Waals surface area (Å²) in [5.74, 6) is -0.268. The SMILES string of the molecule is Cc1ccc(C(C)(C)C)cc1S.Fc1ccccc1S. The molecule has 0 spiro atoms. The fraction of sp³-hybridized carbons (Fsp3) is 0.294. The van der Waals surface area contributed by atoms with Gasteiger partial charge in [0.1, 0.15) is 5.82 Å². The van der Waals surface area contributed by atoms with Gasteiger partial charge >= 0.3 is 0 Å². The van der Waals surface area contributed by atoms with Gasteiger partial charge in [0.25, 0.3) is 0 Å². The first-order valence-corrected chi connectivity index (χ1v) is 7.35. The molecule has 0 unspecified atom stereocenters. The van der Waals surface area contributed by atoms with Gasteiger partial charge in [0.05, 0.1) is 0 Å². The molecule has 0 N–H and O–H groups in total. The van der Waals surface area contributed by atoms with Gasteiger partial charge in [0.15, 0.2) is 0 Å². The molecule has 0 aliphatic heterocycles. The largest absolute Gasteiger partial charge is 0.206 e. The van der Waals surface area contributed by atoms with Crippen LogP contribution in [0.25, 0.3) is 0 Å². The van der Waals surface area contributed by atoms with Crippen molar-refractivity contribution in [2.24, 2.45) is 0 Å². The van der Waals surface area contributed by atoms with Crippen molar-refractivity contribution in [3.05, 3.63) is 59.4 Å². The number of halogens is 1. The van der Waals surface area contributed by atoms with Crippen LogP contribution in [0.5, 0.6) is 0 Å². The molecule has 108 valence electrons. The van der Waals surface area contributed by atoms with Gasteiger partial charge in [0.2, 0.25) is 0 Å². The highest BCUT2D eigenvalue weighted by Crippen LogP contribution is 2.25. The fourth-order valence-corrected chi connectivity index (χ4v) is 1.90. The third-order valence-corrected chi connectivity index (χ3v) is 3.77. The van der Waals surface area contributed by atoms with Gasteiger partial charge in [-0.25, -0.2) is 4.39 Å². The van der Waals surface area contributed by atoms with Crippen molar-refractivity contribution in [3.63, 3.8) is 0 Å². The van der Waals surface area contributed by atoms with E-state index in [2.05, 4.69) is 71.2 Å². The van der Waals surface area contributed by atoms with E-state index in [1.807, 2.05) is 0 Å². The second kappa shape index (κ2) is 7.19. The van der Waals surface area contributed by atoms with Gasteiger partial charge in [-0.15, -0.1) is 25.3 Å². The highest BCUT2D eigenvalue weighted by molar-refractivity contribution is 7.80. The maximum absolute atomic E-state index is 12.2. The second-order valence-corrected chi connectivity index (χ2v) is 6.67. The average molecular weight is 308 g/mol. The smallest absolute Gasteiger partial charge is 0.136 e. The first-order valence-electron chi connectivity index (χ1n) is 6.45. The molecule has 0 saturated heterocycles. The molecule has 0 aromatic heterocycles. The van der Waals surface area contributed by atoms with Crippen molar-refractivity contribution >= 4 is 25.3 Å². The zero-order valence-corrected chi connectivity index (χ0v) is 14.1. The summed E-state index contributed by atoms with van der Waals surface area (Å²) in [4.78, 5) is 1.48. The van der Waals surface area contributed by atoms with E-state index in [4.69, 9.17) is 0 Å². The summed E-state index contributed by atoms with van der Waals surface area (Å²) in [7, 11) is 0. The van der Waals surface area contributed by atoms with Crippen LogP contribution in [-0.2, 0) is 5.41 Å². The van der Waals surface area contributed by atoms with E-state index in [0.29, 0.717) is 4.90 Å². The number of rotatable bonds is 0. The average Bonchev–Trinajstić information content (AvgIpc) is 2.36. The van der Waals surface area contributed by atoms with Crippen LogP contribution in [0.1, 0.15) is 31.9 Å². The minimum Gasteiger partial charge on any atom is -0.206 e. The molecule has 2 aromatic rings. The summed E-state index contributed by atoms with van der Waals surface area (Å²) in [6.07, 6.45) is 0. The third kappa shape index (κ3) is 5.22. The van der Waals surface area contributed by atoms with Crippen molar-refractivity contribution in [1.29, 1.82) is 0 Å². The van der Waals surface area contributed by atoms with Crippen LogP contribution < -0.4 is 0 Å². The molecule has 0 bridgehead atoms. The Bertz CT molecular complexity index is 550. The lowest BCUT2D eigenvalue weighted by Gasteiger charge is -2.19. The number of hydrogen-bond donors (Lipinski definition) is 2. The summed E-state index contributed by atoms with van der Waals surface area (Å²) in [5, 5.41) is 0. The van der Waals surface area contributed by atoms with Crippen LogP contribution in [-0.4, -0.2) is 0 Å². The molecule has 0 saturated carbocycles. The van der Waals surface area contributed by atoms with E-state index in [0.717, 1.165) is 4.90 Å². The summed E-state index contributed by atoms with van der Waals surface area (Å²) in [6, 6.07) is 12.8. The maximum Gasteiger partial charge on any atom is 0.136 e. The minimum atomic E-state index is -0.268. The molecule has 2 aromatic carbocycles. The van der Waals surface area contributed by atoms with E-state index in [1.54, 1.807) is 18.2 Å². The molecule has 0 heterocycles. The lowest BCUT2D eigenvalue weighted by molar-refractivity contribution is 0.588. The van der Waals surface area contributed by atoms with Gasteiger partial charge in [-0.3, -0.25) is 0 Å². The van der Waals surface area contributed by atoms with Crippen molar-refractivity contribution in [2.45, 2.75) is 42.9 Å². The number of hydrogen-bond acceptors (Lipinski definition) is 2. The minimum absolute atomic E-state index is 0.227. The topological polar surface area (TPSA) is 0 Å². The van der Waals surface area contributed by atoms with Crippen molar-refractivity contribution in [2.75, 3.05) is 0 Å². The highest BCUT2D eigenvalue weighted by Gasteiger charge is 2.13. The highest BCUT2D eigenvalue weighted by atomic mass is 32.1. The van der Waals surface area contributed by atoms with Crippen molar-refractivity contribution < 1.29 is 4.39 Å². The van der Waals surface area contributed by atoms with Gasteiger partial charge < -0.3 is 0 Å². The standard InChI is InChI=1S/C11H16S.C6H5FS/c1-8-5-6-9(7-10(8)12)11(2,3)4;7-5-3-1-2-4-6(5)8/h5-7,12H,1-4H3;1-4,8H. The third-order valence-electron chi connectivity index (χ3n) is 2.93. The van der Waals surface area contributed by atoms with Crippen LogP contribution in [0.4, 0.5) is 4.39 Å². The lowest BCUT2D eigenvalue weighted by Crippen LogP contribution is -2.10. The molecule has 0 aliphatic carbocycles. The second-order valence-electron chi connectivity index (χ2n) is 5.70. The molecule has 20 heavy (non-hydrogen) atoms. The van der Waals surface area contributed by atoms with Crippen LogP contribution in [0, 0.1) is 12.7 Å². The molecule has 0 radical (unpaired) electrons. The Hall–Kier alpha value is -0.930. The van der Waals surface area contributed by atoms with Crippen LogP contribution in [0.15, 0.2) is 52.3 Å². The van der Waals surface area contributed by atoms with E-state index >= 15 is 0 Å². The molecular formula is C17H21FS2. The van der Waals surface area contributed by atoms with E-state index in [1.165, 1.54) is 17.2 Å². The molecule has 0 aliphatic rings. The first-order chi connectivity index (χ1) is 9.21. The summed E-state index contributed by atoms with van der Waals surface area (Å²) in [6.45, 7) is 8.72. The molecule has 0 amide bonds. The molecule has 2 rings (SSSR count). The Morgan fingerprint density at radius 2 is 1.50 bits per heavy atom. The quantitative estimate of drug-likeness (QED) is 0.573. The van der Waals surface area contributed by atoms with E-state index in [-0.39, 0.29) is 11.2 Å². The Morgan fingerprint density at radius 3 is 1.90 bits per heavy atom. The predicted octanol–water partition coefficient (Wildman–Crippen LogP) is 5.70. The Labute approximate surface area is 132 Å². The van der Waals surface area contributed by atoms with E-state index < -0.39 is 0 Å². The Balaban J connectivity index is 0.000000217. The van der Waals surface area contributed by atoms with Gasteiger partial charge in [0, 0.05) is 9.79 Å². The molecule has 0 fully saturated rings. The normalized spacial score (nSPS) is 10.8. The monoisotopic (exact) mass is 308 g/mol. The van der Waals surface area contributed by atoms with Gasteiger partial charge in [-0.2, -0.15) is 0 Å². The summed E-state index contributed by atoms with van der Waals surface area (Å²) >= 11 is 8.22. The molecule has 0 atom stereocenters. The predicted molar refractivity (Wildman–Crippen MR) is 90.8 cm³/mol. The van der Waals surface area contributed by atoms with Crippen LogP contribution in [0.2, 0.25) is 0 Å². The lowest BCUT2D eigenvalue weighted by atomic mass is 9.87. The first kappa shape index (κ1) is 17.1. The number of thiol groups is 2. The van der Waals surface area contributed by atoms with Crippen molar-refractivity contribution in [3.8, 4) is 0 Å². The number of benzene rings is 2. The summed E-state index contributed by atoms with van der Waals surface area (Å²) < 4.78 is 12.2. The Kier molecular flexibility index (Phi) is 6.15. The van der Waals surface area contributed by atoms with Gasteiger partial charge in [-0.1, -0.05) is 45.0 Å². The van der Waals surface area contributed by atoms with Gasteiger partial charge in [-0.05, 0) is 41.7 Å². The van der Waals surface area contributed by atoms with Crippen molar-refractivity contribution in [1.82, 2.24) is 0 Å². The molecule has 0 nitrogen and oxygen atoms in total. The molecular weight excluding hydrogens is 287 g/mol. The molecule has 3 heteroatoms. The summed E-state index contributed by atoms with van der Waals surface area (Å²) in [5.41, 5.74) is 2.81.